The maximum Gasteiger partial charge on any atom is 0.0900 e. The Hall–Kier alpha value is -0.160. The molecule has 0 aromatic carbocycles. The standard InChI is InChI=1S/C12H25NO3/c1-3-12(15)11-6-4-5-7-13(11)8-10(14)9-16-2/h10-12,14-15H,3-9H2,1-2H3. The van der Waals surface area contributed by atoms with Crippen LogP contribution in [-0.4, -0.2) is 60.2 Å². The third-order valence-electron chi connectivity index (χ3n) is 3.33. The highest BCUT2D eigenvalue weighted by molar-refractivity contribution is 4.83. The van der Waals surface area contributed by atoms with E-state index in [1.54, 1.807) is 7.11 Å². The van der Waals surface area contributed by atoms with E-state index in [1.165, 1.54) is 6.42 Å². The summed E-state index contributed by atoms with van der Waals surface area (Å²) in [7, 11) is 1.60. The Bertz CT molecular complexity index is 189. The van der Waals surface area contributed by atoms with Crippen LogP contribution in [0.15, 0.2) is 0 Å². The summed E-state index contributed by atoms with van der Waals surface area (Å²) < 4.78 is 4.93. The first-order chi connectivity index (χ1) is 7.69. The van der Waals surface area contributed by atoms with E-state index in [2.05, 4.69) is 4.90 Å². The van der Waals surface area contributed by atoms with Crippen molar-refractivity contribution in [1.29, 1.82) is 0 Å². The summed E-state index contributed by atoms with van der Waals surface area (Å²) in [5.74, 6) is 0. The molecule has 0 spiro atoms. The van der Waals surface area contributed by atoms with Crippen molar-refractivity contribution in [2.75, 3.05) is 26.8 Å². The van der Waals surface area contributed by atoms with Gasteiger partial charge in [-0.2, -0.15) is 0 Å². The smallest absolute Gasteiger partial charge is 0.0900 e. The van der Waals surface area contributed by atoms with Gasteiger partial charge >= 0.3 is 0 Å². The van der Waals surface area contributed by atoms with E-state index in [0.29, 0.717) is 13.2 Å². The summed E-state index contributed by atoms with van der Waals surface area (Å²) in [6, 6.07) is 0.213. The molecular formula is C12H25NO3. The van der Waals surface area contributed by atoms with Gasteiger partial charge in [-0.3, -0.25) is 4.90 Å². The van der Waals surface area contributed by atoms with Gasteiger partial charge in [-0.05, 0) is 25.8 Å². The van der Waals surface area contributed by atoms with Gasteiger partial charge in [0, 0.05) is 19.7 Å². The predicted molar refractivity (Wildman–Crippen MR) is 63.4 cm³/mol. The van der Waals surface area contributed by atoms with Gasteiger partial charge in [0.25, 0.3) is 0 Å². The van der Waals surface area contributed by atoms with Gasteiger partial charge in [-0.1, -0.05) is 13.3 Å². The minimum Gasteiger partial charge on any atom is -0.392 e. The molecule has 1 saturated heterocycles. The number of piperidine rings is 1. The van der Waals surface area contributed by atoms with Gasteiger partial charge < -0.3 is 14.9 Å². The molecule has 3 atom stereocenters. The molecule has 0 aliphatic carbocycles. The summed E-state index contributed by atoms with van der Waals surface area (Å²) in [4.78, 5) is 2.21. The zero-order valence-corrected chi connectivity index (χ0v) is 10.4. The predicted octanol–water partition coefficient (Wildman–Crippen LogP) is 0.619. The highest BCUT2D eigenvalue weighted by Crippen LogP contribution is 2.21. The number of aliphatic hydroxyl groups excluding tert-OH is 2. The van der Waals surface area contributed by atoms with Gasteiger partial charge in [-0.25, -0.2) is 0 Å². The van der Waals surface area contributed by atoms with E-state index >= 15 is 0 Å². The SMILES string of the molecule is CCC(O)C1CCCCN1CC(O)COC. The second-order valence-electron chi connectivity index (χ2n) is 4.64. The third kappa shape index (κ3) is 4.01. The zero-order valence-electron chi connectivity index (χ0n) is 10.4. The molecule has 1 fully saturated rings. The van der Waals surface area contributed by atoms with Crippen molar-refractivity contribution in [2.45, 2.75) is 50.9 Å². The first-order valence-electron chi connectivity index (χ1n) is 6.28. The highest BCUT2D eigenvalue weighted by atomic mass is 16.5. The van der Waals surface area contributed by atoms with Gasteiger partial charge in [0.05, 0.1) is 18.8 Å². The first-order valence-corrected chi connectivity index (χ1v) is 6.28. The Balaban J connectivity index is 2.46. The van der Waals surface area contributed by atoms with Crippen LogP contribution in [0.5, 0.6) is 0 Å². The number of hydrogen-bond acceptors (Lipinski definition) is 4. The van der Waals surface area contributed by atoms with E-state index in [-0.39, 0.29) is 12.1 Å². The Kier molecular flexibility index (Phi) is 6.28. The van der Waals surface area contributed by atoms with Gasteiger partial charge in [0.1, 0.15) is 0 Å². The van der Waals surface area contributed by atoms with E-state index in [1.807, 2.05) is 6.92 Å². The van der Waals surface area contributed by atoms with E-state index in [0.717, 1.165) is 25.8 Å². The van der Waals surface area contributed by atoms with Crippen LogP contribution >= 0.6 is 0 Å². The Labute approximate surface area is 98.2 Å². The number of rotatable bonds is 6. The summed E-state index contributed by atoms with van der Waals surface area (Å²) in [6.45, 7) is 3.95. The monoisotopic (exact) mass is 231 g/mol. The molecule has 1 aliphatic heterocycles. The molecule has 4 heteroatoms. The molecular weight excluding hydrogens is 206 g/mol. The number of hydrogen-bond donors (Lipinski definition) is 2. The van der Waals surface area contributed by atoms with Crippen molar-refractivity contribution in [1.82, 2.24) is 4.90 Å². The fourth-order valence-electron chi connectivity index (χ4n) is 2.47. The van der Waals surface area contributed by atoms with Gasteiger partial charge in [0.15, 0.2) is 0 Å². The van der Waals surface area contributed by atoms with Crippen LogP contribution in [0.1, 0.15) is 32.6 Å². The molecule has 2 N–H and O–H groups in total. The van der Waals surface area contributed by atoms with Crippen molar-refractivity contribution < 1.29 is 14.9 Å². The molecule has 0 amide bonds. The summed E-state index contributed by atoms with van der Waals surface area (Å²) >= 11 is 0. The fourth-order valence-corrected chi connectivity index (χ4v) is 2.47. The van der Waals surface area contributed by atoms with Crippen LogP contribution in [0, 0.1) is 0 Å². The average molecular weight is 231 g/mol. The lowest BCUT2D eigenvalue weighted by atomic mass is 9.95. The first kappa shape index (κ1) is 13.9. The molecule has 3 unspecified atom stereocenters. The summed E-state index contributed by atoms with van der Waals surface area (Å²) in [5.41, 5.74) is 0. The lowest BCUT2D eigenvalue weighted by Crippen LogP contribution is -2.49. The number of β-amino-alcohol motifs (C(OH)–C–C–N with tert-alkyl or cyclic N) is 1. The molecule has 4 nitrogen and oxygen atoms in total. The van der Waals surface area contributed by atoms with Crippen molar-refractivity contribution >= 4 is 0 Å². The highest BCUT2D eigenvalue weighted by Gasteiger charge is 2.28. The third-order valence-corrected chi connectivity index (χ3v) is 3.33. The zero-order chi connectivity index (χ0) is 12.0. The van der Waals surface area contributed by atoms with Gasteiger partial charge in [0.2, 0.25) is 0 Å². The molecule has 0 radical (unpaired) electrons. The van der Waals surface area contributed by atoms with Crippen LogP contribution in [0.25, 0.3) is 0 Å². The molecule has 1 aliphatic rings. The molecule has 96 valence electrons. The van der Waals surface area contributed by atoms with Crippen molar-refractivity contribution in [3.8, 4) is 0 Å². The second kappa shape index (κ2) is 7.22. The van der Waals surface area contributed by atoms with Crippen molar-refractivity contribution in [3.05, 3.63) is 0 Å². The maximum absolute atomic E-state index is 9.94. The van der Waals surface area contributed by atoms with E-state index in [4.69, 9.17) is 4.74 Å². The second-order valence-corrected chi connectivity index (χ2v) is 4.64. The van der Waals surface area contributed by atoms with Crippen molar-refractivity contribution in [3.63, 3.8) is 0 Å². The number of aliphatic hydroxyl groups is 2. The fraction of sp³-hybridized carbons (Fsp3) is 1.00. The molecule has 0 bridgehead atoms. The van der Waals surface area contributed by atoms with Gasteiger partial charge in [-0.15, -0.1) is 0 Å². The Morgan fingerprint density at radius 2 is 2.12 bits per heavy atom. The van der Waals surface area contributed by atoms with Crippen LogP contribution in [0.2, 0.25) is 0 Å². The molecule has 0 aromatic rings. The lowest BCUT2D eigenvalue weighted by molar-refractivity contribution is -0.0186. The maximum atomic E-state index is 9.94. The largest absolute Gasteiger partial charge is 0.392 e. The topological polar surface area (TPSA) is 52.9 Å². The molecule has 16 heavy (non-hydrogen) atoms. The van der Waals surface area contributed by atoms with E-state index < -0.39 is 6.10 Å². The minimum absolute atomic E-state index is 0.213. The number of likely N-dealkylation sites (tertiary alicyclic amines) is 1. The average Bonchev–Trinajstić information content (AvgIpc) is 2.29. The van der Waals surface area contributed by atoms with Crippen LogP contribution < -0.4 is 0 Å². The van der Waals surface area contributed by atoms with Crippen LogP contribution in [0.4, 0.5) is 0 Å². The quantitative estimate of drug-likeness (QED) is 0.703. The van der Waals surface area contributed by atoms with Crippen LogP contribution in [0.3, 0.4) is 0 Å². The molecule has 0 aromatic heterocycles. The Morgan fingerprint density at radius 1 is 1.38 bits per heavy atom. The minimum atomic E-state index is -0.449. The Morgan fingerprint density at radius 3 is 2.75 bits per heavy atom. The summed E-state index contributed by atoms with van der Waals surface area (Å²) in [5, 5.41) is 19.7. The number of nitrogens with zero attached hydrogens (tertiary/aromatic N) is 1. The summed E-state index contributed by atoms with van der Waals surface area (Å²) in [6.07, 6.45) is 3.44. The van der Waals surface area contributed by atoms with Crippen LogP contribution in [-0.2, 0) is 4.74 Å². The molecule has 1 heterocycles. The number of methoxy groups -OCH3 is 1. The lowest BCUT2D eigenvalue weighted by Gasteiger charge is -2.39. The molecule has 0 saturated carbocycles. The van der Waals surface area contributed by atoms with E-state index in [9.17, 15) is 10.2 Å². The number of ether oxygens (including phenoxy) is 1. The molecule has 1 rings (SSSR count). The van der Waals surface area contributed by atoms with Crippen molar-refractivity contribution in [2.24, 2.45) is 0 Å². The normalized spacial score (nSPS) is 26.6.